The smallest absolute Gasteiger partial charge is 0.0826 e. The van der Waals surface area contributed by atoms with E-state index in [9.17, 15) is 0 Å². The van der Waals surface area contributed by atoms with Crippen LogP contribution in [0.3, 0.4) is 0 Å². The van der Waals surface area contributed by atoms with Gasteiger partial charge in [0.05, 0.1) is 12.7 Å². The van der Waals surface area contributed by atoms with Gasteiger partial charge in [-0.2, -0.15) is 0 Å². The highest BCUT2D eigenvalue weighted by molar-refractivity contribution is 4.85. The highest BCUT2D eigenvalue weighted by Crippen LogP contribution is 2.31. The summed E-state index contributed by atoms with van der Waals surface area (Å²) in [6.07, 6.45) is 5.96. The molecule has 3 heteroatoms. The van der Waals surface area contributed by atoms with Crippen LogP contribution in [0.1, 0.15) is 32.6 Å². The number of likely N-dealkylation sites (N-methyl/N-ethyl adjacent to an activating group) is 1. The molecule has 0 amide bonds. The van der Waals surface area contributed by atoms with E-state index in [1.165, 1.54) is 25.7 Å². The first-order chi connectivity index (χ1) is 7.81. The maximum absolute atomic E-state index is 5.77. The molecule has 1 saturated heterocycles. The standard InChI is InChI=1S/C13H26N2O/c1-3-11-5-4-6-13(11)15(2)10-12-9-14-7-8-16-12/h11-14H,3-10H2,1-2H3. The van der Waals surface area contributed by atoms with Crippen LogP contribution in [0.2, 0.25) is 0 Å². The van der Waals surface area contributed by atoms with Gasteiger partial charge in [0.15, 0.2) is 0 Å². The quantitative estimate of drug-likeness (QED) is 0.786. The number of nitrogens with zero attached hydrogens (tertiary/aromatic N) is 1. The first-order valence-corrected chi connectivity index (χ1v) is 6.83. The summed E-state index contributed by atoms with van der Waals surface area (Å²) < 4.78 is 5.77. The molecule has 3 nitrogen and oxygen atoms in total. The number of rotatable bonds is 4. The van der Waals surface area contributed by atoms with E-state index in [-0.39, 0.29) is 0 Å². The Morgan fingerprint density at radius 3 is 2.94 bits per heavy atom. The lowest BCUT2D eigenvalue weighted by atomic mass is 9.99. The van der Waals surface area contributed by atoms with E-state index in [2.05, 4.69) is 24.2 Å². The van der Waals surface area contributed by atoms with Gasteiger partial charge in [-0.3, -0.25) is 0 Å². The average molecular weight is 226 g/mol. The summed E-state index contributed by atoms with van der Waals surface area (Å²) >= 11 is 0. The molecule has 16 heavy (non-hydrogen) atoms. The van der Waals surface area contributed by atoms with Crippen molar-refractivity contribution < 1.29 is 4.74 Å². The van der Waals surface area contributed by atoms with Crippen molar-refractivity contribution >= 4 is 0 Å². The summed E-state index contributed by atoms with van der Waals surface area (Å²) in [5, 5.41) is 3.40. The van der Waals surface area contributed by atoms with Crippen LogP contribution in [0.5, 0.6) is 0 Å². The van der Waals surface area contributed by atoms with Gasteiger partial charge < -0.3 is 15.0 Å². The molecule has 1 N–H and O–H groups in total. The van der Waals surface area contributed by atoms with Crippen molar-refractivity contribution in [3.05, 3.63) is 0 Å². The number of ether oxygens (including phenoxy) is 1. The maximum atomic E-state index is 5.77. The third-order valence-electron chi connectivity index (χ3n) is 4.21. The Morgan fingerprint density at radius 2 is 2.25 bits per heavy atom. The van der Waals surface area contributed by atoms with E-state index in [0.29, 0.717) is 6.10 Å². The molecule has 0 aromatic rings. The molecule has 1 aliphatic carbocycles. The van der Waals surface area contributed by atoms with Crippen LogP contribution in [-0.2, 0) is 4.74 Å². The molecule has 0 aromatic carbocycles. The molecule has 2 rings (SSSR count). The number of nitrogens with one attached hydrogen (secondary N) is 1. The molecular formula is C13H26N2O. The summed E-state index contributed by atoms with van der Waals surface area (Å²) in [5.41, 5.74) is 0. The van der Waals surface area contributed by atoms with Crippen LogP contribution < -0.4 is 5.32 Å². The van der Waals surface area contributed by atoms with E-state index >= 15 is 0 Å². The monoisotopic (exact) mass is 226 g/mol. The Balaban J connectivity index is 1.79. The predicted octanol–water partition coefficient (Wildman–Crippen LogP) is 1.49. The minimum Gasteiger partial charge on any atom is -0.374 e. The van der Waals surface area contributed by atoms with Crippen LogP contribution in [0.15, 0.2) is 0 Å². The molecule has 94 valence electrons. The zero-order valence-corrected chi connectivity index (χ0v) is 10.7. The van der Waals surface area contributed by atoms with Gasteiger partial charge in [-0.15, -0.1) is 0 Å². The number of hydrogen-bond acceptors (Lipinski definition) is 3. The second-order valence-corrected chi connectivity index (χ2v) is 5.30. The Kier molecular flexibility index (Phi) is 4.62. The van der Waals surface area contributed by atoms with Crippen molar-refractivity contribution in [3.63, 3.8) is 0 Å². The third kappa shape index (κ3) is 2.96. The third-order valence-corrected chi connectivity index (χ3v) is 4.21. The van der Waals surface area contributed by atoms with Crippen molar-refractivity contribution in [1.82, 2.24) is 10.2 Å². The molecule has 1 saturated carbocycles. The van der Waals surface area contributed by atoms with E-state index in [0.717, 1.165) is 38.2 Å². The number of hydrogen-bond donors (Lipinski definition) is 1. The Morgan fingerprint density at radius 1 is 1.38 bits per heavy atom. The van der Waals surface area contributed by atoms with Gasteiger partial charge in [0.25, 0.3) is 0 Å². The molecule has 0 aromatic heterocycles. The Hall–Kier alpha value is -0.120. The Labute approximate surface area is 99.5 Å². The van der Waals surface area contributed by atoms with Crippen molar-refractivity contribution in [3.8, 4) is 0 Å². The van der Waals surface area contributed by atoms with Crippen molar-refractivity contribution in [2.75, 3.05) is 33.3 Å². The summed E-state index contributed by atoms with van der Waals surface area (Å²) in [5.74, 6) is 0.918. The second-order valence-electron chi connectivity index (χ2n) is 5.30. The summed E-state index contributed by atoms with van der Waals surface area (Å²) in [6, 6.07) is 0.801. The highest BCUT2D eigenvalue weighted by atomic mass is 16.5. The highest BCUT2D eigenvalue weighted by Gasteiger charge is 2.30. The fraction of sp³-hybridized carbons (Fsp3) is 1.00. The maximum Gasteiger partial charge on any atom is 0.0826 e. The van der Waals surface area contributed by atoms with Crippen molar-refractivity contribution in [2.45, 2.75) is 44.8 Å². The van der Waals surface area contributed by atoms with E-state index in [4.69, 9.17) is 4.74 Å². The fourth-order valence-corrected chi connectivity index (χ4v) is 3.27. The lowest BCUT2D eigenvalue weighted by Crippen LogP contribution is -2.47. The second kappa shape index (κ2) is 5.99. The lowest BCUT2D eigenvalue weighted by Gasteiger charge is -2.33. The molecule has 3 unspecified atom stereocenters. The van der Waals surface area contributed by atoms with Gasteiger partial charge in [0.1, 0.15) is 0 Å². The molecule has 1 heterocycles. The van der Waals surface area contributed by atoms with Gasteiger partial charge in [-0.05, 0) is 25.8 Å². The molecule has 1 aliphatic heterocycles. The molecule has 2 aliphatic rings. The summed E-state index contributed by atoms with van der Waals surface area (Å²) in [4.78, 5) is 2.54. The predicted molar refractivity (Wildman–Crippen MR) is 66.7 cm³/mol. The topological polar surface area (TPSA) is 24.5 Å². The van der Waals surface area contributed by atoms with Crippen LogP contribution in [0.4, 0.5) is 0 Å². The van der Waals surface area contributed by atoms with Crippen molar-refractivity contribution in [1.29, 1.82) is 0 Å². The SMILES string of the molecule is CCC1CCCC1N(C)CC1CNCCO1. The first kappa shape index (κ1) is 12.3. The van der Waals surface area contributed by atoms with Gasteiger partial charge in [0, 0.05) is 25.7 Å². The fourth-order valence-electron chi connectivity index (χ4n) is 3.27. The summed E-state index contributed by atoms with van der Waals surface area (Å²) in [6.45, 7) is 6.33. The van der Waals surface area contributed by atoms with Crippen LogP contribution in [0, 0.1) is 5.92 Å². The minimum absolute atomic E-state index is 0.400. The number of morpholine rings is 1. The van der Waals surface area contributed by atoms with E-state index in [1.807, 2.05) is 0 Å². The van der Waals surface area contributed by atoms with Crippen LogP contribution >= 0.6 is 0 Å². The summed E-state index contributed by atoms with van der Waals surface area (Å²) in [7, 11) is 2.27. The van der Waals surface area contributed by atoms with E-state index < -0.39 is 0 Å². The van der Waals surface area contributed by atoms with Crippen molar-refractivity contribution in [2.24, 2.45) is 5.92 Å². The van der Waals surface area contributed by atoms with Crippen LogP contribution in [0.25, 0.3) is 0 Å². The van der Waals surface area contributed by atoms with Gasteiger partial charge in [-0.25, -0.2) is 0 Å². The lowest BCUT2D eigenvalue weighted by molar-refractivity contribution is -0.000494. The molecule has 0 radical (unpaired) electrons. The zero-order chi connectivity index (χ0) is 11.4. The molecular weight excluding hydrogens is 200 g/mol. The van der Waals surface area contributed by atoms with Gasteiger partial charge in [0.2, 0.25) is 0 Å². The first-order valence-electron chi connectivity index (χ1n) is 6.83. The van der Waals surface area contributed by atoms with Gasteiger partial charge in [-0.1, -0.05) is 19.8 Å². The van der Waals surface area contributed by atoms with Crippen LogP contribution in [-0.4, -0.2) is 50.3 Å². The molecule has 0 spiro atoms. The molecule has 3 atom stereocenters. The zero-order valence-electron chi connectivity index (χ0n) is 10.7. The minimum atomic E-state index is 0.400. The largest absolute Gasteiger partial charge is 0.374 e. The average Bonchev–Trinajstić information content (AvgIpc) is 2.78. The molecule has 0 bridgehead atoms. The molecule has 2 fully saturated rings. The van der Waals surface area contributed by atoms with E-state index in [1.54, 1.807) is 0 Å². The normalized spacial score (nSPS) is 35.8. The Bertz CT molecular complexity index is 204. The van der Waals surface area contributed by atoms with Gasteiger partial charge >= 0.3 is 0 Å².